The number of piperidine rings is 2. The molecule has 1 unspecified atom stereocenters. The maximum absolute atomic E-state index is 8.89. The van der Waals surface area contributed by atoms with Crippen molar-refractivity contribution in [3.05, 3.63) is 23.9 Å². The highest BCUT2D eigenvalue weighted by Crippen LogP contribution is 2.35. The van der Waals surface area contributed by atoms with Crippen molar-refractivity contribution in [1.82, 2.24) is 9.88 Å². The van der Waals surface area contributed by atoms with E-state index in [4.69, 9.17) is 5.26 Å². The summed E-state index contributed by atoms with van der Waals surface area (Å²) in [4.78, 5) is 9.56. The van der Waals surface area contributed by atoms with E-state index in [2.05, 4.69) is 41.6 Å². The highest BCUT2D eigenvalue weighted by atomic mass is 15.2. The molecular formula is C20H30N4. The summed E-state index contributed by atoms with van der Waals surface area (Å²) in [5.74, 6) is 1.84. The van der Waals surface area contributed by atoms with E-state index < -0.39 is 0 Å². The van der Waals surface area contributed by atoms with Gasteiger partial charge in [0.25, 0.3) is 0 Å². The molecule has 0 bridgehead atoms. The predicted molar refractivity (Wildman–Crippen MR) is 97.9 cm³/mol. The summed E-state index contributed by atoms with van der Waals surface area (Å²) in [5.41, 5.74) is 1.06. The van der Waals surface area contributed by atoms with Gasteiger partial charge in [0.15, 0.2) is 0 Å². The van der Waals surface area contributed by atoms with Crippen molar-refractivity contribution in [2.75, 3.05) is 31.1 Å². The molecule has 24 heavy (non-hydrogen) atoms. The summed E-state index contributed by atoms with van der Waals surface area (Å²) in [5, 5.41) is 8.89. The summed E-state index contributed by atoms with van der Waals surface area (Å²) < 4.78 is 0. The van der Waals surface area contributed by atoms with Gasteiger partial charge in [-0.25, -0.2) is 4.98 Å². The van der Waals surface area contributed by atoms with Crippen LogP contribution in [0.2, 0.25) is 0 Å². The van der Waals surface area contributed by atoms with E-state index in [1.54, 1.807) is 6.20 Å². The Bertz CT molecular complexity index is 573. The first kappa shape index (κ1) is 17.2. The average Bonchev–Trinajstić information content (AvgIpc) is 2.61. The van der Waals surface area contributed by atoms with Gasteiger partial charge < -0.3 is 4.90 Å². The van der Waals surface area contributed by atoms with Gasteiger partial charge in [-0.1, -0.05) is 20.8 Å². The van der Waals surface area contributed by atoms with Gasteiger partial charge in [-0.15, -0.1) is 0 Å². The molecule has 0 saturated carbocycles. The first-order valence-electron chi connectivity index (χ1n) is 9.32. The number of pyridine rings is 1. The van der Waals surface area contributed by atoms with Crippen molar-refractivity contribution in [2.45, 2.75) is 52.5 Å². The Hall–Kier alpha value is -1.60. The van der Waals surface area contributed by atoms with E-state index in [9.17, 15) is 0 Å². The molecule has 1 aromatic rings. The minimum Gasteiger partial charge on any atom is -0.357 e. The first-order chi connectivity index (χ1) is 11.5. The Morgan fingerprint density at radius 1 is 1.12 bits per heavy atom. The third kappa shape index (κ3) is 3.89. The van der Waals surface area contributed by atoms with Crippen LogP contribution in [0, 0.1) is 22.7 Å². The molecule has 3 heterocycles. The molecule has 0 aliphatic carbocycles. The van der Waals surface area contributed by atoms with Crippen LogP contribution in [-0.2, 0) is 0 Å². The van der Waals surface area contributed by atoms with E-state index in [1.807, 2.05) is 12.1 Å². The van der Waals surface area contributed by atoms with E-state index in [0.717, 1.165) is 30.9 Å². The van der Waals surface area contributed by atoms with Gasteiger partial charge in [0.1, 0.15) is 11.9 Å². The van der Waals surface area contributed by atoms with Crippen molar-refractivity contribution in [3.63, 3.8) is 0 Å². The summed E-state index contributed by atoms with van der Waals surface area (Å²) in [6, 6.07) is 6.71. The van der Waals surface area contributed by atoms with Gasteiger partial charge in [0.2, 0.25) is 0 Å². The van der Waals surface area contributed by atoms with Gasteiger partial charge in [-0.3, -0.25) is 4.90 Å². The van der Waals surface area contributed by atoms with Gasteiger partial charge >= 0.3 is 0 Å². The second-order valence-corrected chi connectivity index (χ2v) is 8.44. The zero-order valence-corrected chi connectivity index (χ0v) is 15.3. The van der Waals surface area contributed by atoms with Crippen molar-refractivity contribution in [3.8, 4) is 6.07 Å². The zero-order chi connectivity index (χ0) is 17.2. The maximum Gasteiger partial charge on any atom is 0.128 e. The first-order valence-corrected chi connectivity index (χ1v) is 9.32. The molecule has 1 aromatic heterocycles. The van der Waals surface area contributed by atoms with Crippen LogP contribution >= 0.6 is 0 Å². The smallest absolute Gasteiger partial charge is 0.128 e. The number of nitrogens with zero attached hydrogens (tertiary/aromatic N) is 4. The minimum absolute atomic E-state index is 0.422. The number of anilines is 1. The molecule has 3 rings (SSSR count). The molecule has 2 saturated heterocycles. The Kier molecular flexibility index (Phi) is 5.10. The van der Waals surface area contributed by atoms with Crippen molar-refractivity contribution in [1.29, 1.82) is 5.26 Å². The maximum atomic E-state index is 8.89. The molecule has 0 aromatic carbocycles. The fraction of sp³-hybridized carbons (Fsp3) is 0.700. The number of rotatable bonds is 2. The van der Waals surface area contributed by atoms with E-state index in [1.165, 1.54) is 38.8 Å². The quantitative estimate of drug-likeness (QED) is 0.831. The van der Waals surface area contributed by atoms with Crippen LogP contribution in [0.1, 0.15) is 52.0 Å². The molecule has 2 aliphatic heterocycles. The van der Waals surface area contributed by atoms with Crippen LogP contribution in [0.3, 0.4) is 0 Å². The molecule has 130 valence electrons. The molecule has 4 heteroatoms. The molecule has 0 N–H and O–H groups in total. The van der Waals surface area contributed by atoms with Crippen LogP contribution < -0.4 is 4.90 Å². The minimum atomic E-state index is 0.422. The van der Waals surface area contributed by atoms with Crippen LogP contribution in [0.25, 0.3) is 0 Å². The second kappa shape index (κ2) is 7.11. The number of likely N-dealkylation sites (tertiary alicyclic amines) is 1. The average molecular weight is 326 g/mol. The molecule has 0 spiro atoms. The van der Waals surface area contributed by atoms with Crippen LogP contribution in [0.5, 0.6) is 0 Å². The Morgan fingerprint density at radius 2 is 1.88 bits per heavy atom. The zero-order valence-electron chi connectivity index (χ0n) is 15.3. The van der Waals surface area contributed by atoms with E-state index in [-0.39, 0.29) is 0 Å². The van der Waals surface area contributed by atoms with Crippen molar-refractivity contribution < 1.29 is 0 Å². The Labute approximate surface area is 146 Å². The van der Waals surface area contributed by atoms with Crippen LogP contribution in [0.15, 0.2) is 18.3 Å². The van der Waals surface area contributed by atoms with E-state index >= 15 is 0 Å². The highest BCUT2D eigenvalue weighted by molar-refractivity contribution is 5.42. The van der Waals surface area contributed by atoms with Gasteiger partial charge in [0, 0.05) is 31.9 Å². The summed E-state index contributed by atoms with van der Waals surface area (Å²) >= 11 is 0. The van der Waals surface area contributed by atoms with Crippen molar-refractivity contribution >= 4 is 5.82 Å². The summed E-state index contributed by atoms with van der Waals surface area (Å²) in [6.07, 6.45) is 6.85. The third-order valence-electron chi connectivity index (χ3n) is 5.86. The van der Waals surface area contributed by atoms with Crippen molar-refractivity contribution in [2.24, 2.45) is 11.3 Å². The number of nitriles is 1. The largest absolute Gasteiger partial charge is 0.357 e. The second-order valence-electron chi connectivity index (χ2n) is 8.44. The van der Waals surface area contributed by atoms with Gasteiger partial charge in [-0.2, -0.15) is 5.26 Å². The monoisotopic (exact) mass is 326 g/mol. The lowest BCUT2D eigenvalue weighted by Gasteiger charge is -2.45. The molecule has 2 fully saturated rings. The topological polar surface area (TPSA) is 43.2 Å². The molecule has 0 amide bonds. The van der Waals surface area contributed by atoms with E-state index in [0.29, 0.717) is 11.0 Å². The highest BCUT2D eigenvalue weighted by Gasteiger charge is 2.33. The fourth-order valence-electron chi connectivity index (χ4n) is 4.14. The lowest BCUT2D eigenvalue weighted by atomic mass is 9.76. The lowest BCUT2D eigenvalue weighted by molar-refractivity contribution is 0.0592. The molecule has 4 nitrogen and oxygen atoms in total. The summed E-state index contributed by atoms with van der Waals surface area (Å²) in [7, 11) is 0. The normalized spacial score (nSPS) is 23.9. The summed E-state index contributed by atoms with van der Waals surface area (Å²) in [6.45, 7) is 11.8. The fourth-order valence-corrected chi connectivity index (χ4v) is 4.14. The Balaban J connectivity index is 1.55. The Morgan fingerprint density at radius 3 is 2.46 bits per heavy atom. The van der Waals surface area contributed by atoms with Crippen LogP contribution in [0.4, 0.5) is 5.82 Å². The molecular weight excluding hydrogens is 296 g/mol. The number of aromatic nitrogens is 1. The third-order valence-corrected chi connectivity index (χ3v) is 5.86. The standard InChI is InChI=1S/C20H30N4/c1-20(2,3)17-5-4-10-24(15-17)18-8-11-23(12-9-18)19-7-6-16(13-21)14-22-19/h6-7,14,17-18H,4-5,8-12,15H2,1-3H3. The SMILES string of the molecule is CC(C)(C)C1CCCN(C2CCN(c3ccc(C#N)cn3)CC2)C1. The predicted octanol–water partition coefficient (Wildman–Crippen LogP) is 3.68. The van der Waals surface area contributed by atoms with Gasteiger partial charge in [-0.05, 0) is 55.7 Å². The molecule has 0 radical (unpaired) electrons. The van der Waals surface area contributed by atoms with Gasteiger partial charge in [0.05, 0.1) is 5.56 Å². The molecule has 1 atom stereocenters. The molecule has 2 aliphatic rings. The number of hydrogen-bond donors (Lipinski definition) is 0. The number of hydrogen-bond acceptors (Lipinski definition) is 4. The lowest BCUT2D eigenvalue weighted by Crippen LogP contribution is -2.50. The van der Waals surface area contributed by atoms with Crippen LogP contribution in [-0.4, -0.2) is 42.1 Å².